The topological polar surface area (TPSA) is 35.5 Å². The molecule has 14 heavy (non-hydrogen) atoms. The zero-order valence-corrected chi connectivity index (χ0v) is 9.34. The van der Waals surface area contributed by atoms with E-state index >= 15 is 0 Å². The summed E-state index contributed by atoms with van der Waals surface area (Å²) in [6, 6.07) is 0. The number of esters is 1. The molecule has 3 nitrogen and oxygen atoms in total. The van der Waals surface area contributed by atoms with Crippen molar-refractivity contribution in [3.8, 4) is 0 Å². The second-order valence-corrected chi connectivity index (χ2v) is 4.47. The normalized spacial score (nSPS) is 22.4. The van der Waals surface area contributed by atoms with Crippen LogP contribution in [0.3, 0.4) is 0 Å². The molecule has 0 aromatic rings. The monoisotopic (exact) mass is 200 g/mol. The summed E-state index contributed by atoms with van der Waals surface area (Å²) >= 11 is 0. The Bertz CT molecular complexity index is 193. The van der Waals surface area contributed by atoms with Crippen LogP contribution in [0.15, 0.2) is 0 Å². The average Bonchev–Trinajstić information content (AvgIpc) is 2.66. The molecular formula is C11H20O3. The van der Waals surface area contributed by atoms with E-state index < -0.39 is 0 Å². The predicted octanol–water partition coefficient (Wildman–Crippen LogP) is 2.14. The average molecular weight is 200 g/mol. The van der Waals surface area contributed by atoms with Gasteiger partial charge in [0.05, 0.1) is 11.5 Å². The van der Waals surface area contributed by atoms with Gasteiger partial charge in [-0.15, -0.1) is 0 Å². The third-order valence-corrected chi connectivity index (χ3v) is 2.86. The van der Waals surface area contributed by atoms with Gasteiger partial charge in [-0.2, -0.15) is 0 Å². The van der Waals surface area contributed by atoms with Crippen molar-refractivity contribution < 1.29 is 14.3 Å². The third kappa shape index (κ3) is 2.98. The van der Waals surface area contributed by atoms with Gasteiger partial charge in [0.1, 0.15) is 6.61 Å². The summed E-state index contributed by atoms with van der Waals surface area (Å²) < 4.78 is 10.6. The molecule has 0 aliphatic carbocycles. The Kier molecular flexibility index (Phi) is 3.93. The van der Waals surface area contributed by atoms with Crippen LogP contribution >= 0.6 is 0 Å². The van der Waals surface area contributed by atoms with E-state index in [-0.39, 0.29) is 17.5 Å². The van der Waals surface area contributed by atoms with Crippen LogP contribution in [0, 0.1) is 5.41 Å². The van der Waals surface area contributed by atoms with E-state index in [1.165, 1.54) is 0 Å². The minimum absolute atomic E-state index is 0.115. The lowest BCUT2D eigenvalue weighted by Gasteiger charge is -2.21. The SMILES string of the molecule is CCC(C)(C)C(=O)OCC1CCCO1. The van der Waals surface area contributed by atoms with E-state index in [9.17, 15) is 4.79 Å². The molecule has 0 aromatic heterocycles. The van der Waals surface area contributed by atoms with Gasteiger partial charge < -0.3 is 9.47 Å². The number of hydrogen-bond donors (Lipinski definition) is 0. The van der Waals surface area contributed by atoms with E-state index in [1.807, 2.05) is 20.8 Å². The summed E-state index contributed by atoms with van der Waals surface area (Å²) in [5.41, 5.74) is -0.362. The summed E-state index contributed by atoms with van der Waals surface area (Å²) in [5, 5.41) is 0. The Hall–Kier alpha value is -0.570. The number of carbonyl (C=O) groups is 1. The Labute approximate surface area is 85.8 Å². The molecule has 0 spiro atoms. The summed E-state index contributed by atoms with van der Waals surface area (Å²) in [6.45, 7) is 7.03. The molecule has 0 aromatic carbocycles. The molecular weight excluding hydrogens is 180 g/mol. The minimum Gasteiger partial charge on any atom is -0.463 e. The highest BCUT2D eigenvalue weighted by Crippen LogP contribution is 2.22. The number of hydrogen-bond acceptors (Lipinski definition) is 3. The maximum absolute atomic E-state index is 11.6. The van der Waals surface area contributed by atoms with E-state index in [2.05, 4.69) is 0 Å². The van der Waals surface area contributed by atoms with Crippen LogP contribution in [-0.2, 0) is 14.3 Å². The summed E-state index contributed by atoms with van der Waals surface area (Å²) in [4.78, 5) is 11.6. The van der Waals surface area contributed by atoms with Crippen LogP contribution < -0.4 is 0 Å². The van der Waals surface area contributed by atoms with E-state index in [0.29, 0.717) is 6.61 Å². The van der Waals surface area contributed by atoms with Gasteiger partial charge in [-0.1, -0.05) is 6.92 Å². The van der Waals surface area contributed by atoms with Crippen molar-refractivity contribution in [2.45, 2.75) is 46.1 Å². The fourth-order valence-corrected chi connectivity index (χ4v) is 1.28. The molecule has 0 saturated carbocycles. The summed E-state index contributed by atoms with van der Waals surface area (Å²) in [6.07, 6.45) is 3.03. The molecule has 82 valence electrons. The van der Waals surface area contributed by atoms with Gasteiger partial charge in [0.15, 0.2) is 0 Å². The smallest absolute Gasteiger partial charge is 0.311 e. The second-order valence-electron chi connectivity index (χ2n) is 4.47. The number of ether oxygens (including phenoxy) is 2. The fourth-order valence-electron chi connectivity index (χ4n) is 1.28. The second kappa shape index (κ2) is 4.78. The number of carbonyl (C=O) groups excluding carboxylic acids is 1. The van der Waals surface area contributed by atoms with Crippen molar-refractivity contribution in [3.63, 3.8) is 0 Å². The lowest BCUT2D eigenvalue weighted by Crippen LogP contribution is -2.28. The highest BCUT2D eigenvalue weighted by Gasteiger charge is 2.28. The standard InChI is InChI=1S/C11H20O3/c1-4-11(2,3)10(12)14-8-9-6-5-7-13-9/h9H,4-8H2,1-3H3. The van der Waals surface area contributed by atoms with E-state index in [1.54, 1.807) is 0 Å². The highest BCUT2D eigenvalue weighted by molar-refractivity contribution is 5.75. The first kappa shape index (κ1) is 11.5. The van der Waals surface area contributed by atoms with Crippen LogP contribution in [0.25, 0.3) is 0 Å². The van der Waals surface area contributed by atoms with Gasteiger partial charge >= 0.3 is 5.97 Å². The van der Waals surface area contributed by atoms with Crippen LogP contribution in [0.4, 0.5) is 0 Å². The molecule has 1 atom stereocenters. The van der Waals surface area contributed by atoms with Crippen molar-refractivity contribution in [3.05, 3.63) is 0 Å². The molecule has 1 rings (SSSR count). The Balaban J connectivity index is 2.26. The Morgan fingerprint density at radius 2 is 2.29 bits per heavy atom. The largest absolute Gasteiger partial charge is 0.463 e. The molecule has 1 aliphatic heterocycles. The van der Waals surface area contributed by atoms with Gasteiger partial charge in [-0.3, -0.25) is 4.79 Å². The first-order valence-electron chi connectivity index (χ1n) is 5.35. The van der Waals surface area contributed by atoms with E-state index in [0.717, 1.165) is 25.9 Å². The molecule has 1 unspecified atom stereocenters. The van der Waals surface area contributed by atoms with Crippen molar-refractivity contribution in [1.82, 2.24) is 0 Å². The zero-order valence-electron chi connectivity index (χ0n) is 9.34. The maximum Gasteiger partial charge on any atom is 0.311 e. The third-order valence-electron chi connectivity index (χ3n) is 2.86. The lowest BCUT2D eigenvalue weighted by molar-refractivity contribution is -0.157. The molecule has 0 radical (unpaired) electrons. The zero-order chi connectivity index (χ0) is 10.6. The van der Waals surface area contributed by atoms with Crippen LogP contribution in [-0.4, -0.2) is 25.3 Å². The molecule has 1 heterocycles. The van der Waals surface area contributed by atoms with E-state index in [4.69, 9.17) is 9.47 Å². The lowest BCUT2D eigenvalue weighted by atomic mass is 9.91. The van der Waals surface area contributed by atoms with Gasteiger partial charge in [0.25, 0.3) is 0 Å². The maximum atomic E-state index is 11.6. The van der Waals surface area contributed by atoms with Gasteiger partial charge in [-0.05, 0) is 33.1 Å². The van der Waals surface area contributed by atoms with Gasteiger partial charge in [0, 0.05) is 6.61 Å². The minimum atomic E-state index is -0.362. The van der Waals surface area contributed by atoms with Gasteiger partial charge in [0.2, 0.25) is 0 Å². The van der Waals surface area contributed by atoms with Crippen molar-refractivity contribution in [2.75, 3.05) is 13.2 Å². The Morgan fingerprint density at radius 3 is 2.79 bits per heavy atom. The predicted molar refractivity (Wildman–Crippen MR) is 54.0 cm³/mol. The number of rotatable bonds is 4. The molecule has 1 aliphatic rings. The summed E-state index contributed by atoms with van der Waals surface area (Å²) in [5.74, 6) is -0.115. The molecule has 1 saturated heterocycles. The highest BCUT2D eigenvalue weighted by atomic mass is 16.6. The summed E-state index contributed by atoms with van der Waals surface area (Å²) in [7, 11) is 0. The molecule has 0 N–H and O–H groups in total. The quantitative estimate of drug-likeness (QED) is 0.652. The van der Waals surface area contributed by atoms with Crippen LogP contribution in [0.1, 0.15) is 40.0 Å². The molecule has 0 amide bonds. The van der Waals surface area contributed by atoms with Gasteiger partial charge in [-0.25, -0.2) is 0 Å². The first-order chi connectivity index (χ1) is 6.56. The van der Waals surface area contributed by atoms with Crippen molar-refractivity contribution >= 4 is 5.97 Å². The Morgan fingerprint density at radius 1 is 1.57 bits per heavy atom. The van der Waals surface area contributed by atoms with Crippen LogP contribution in [0.2, 0.25) is 0 Å². The molecule has 1 fully saturated rings. The fraction of sp³-hybridized carbons (Fsp3) is 0.909. The van der Waals surface area contributed by atoms with Crippen LogP contribution in [0.5, 0.6) is 0 Å². The first-order valence-corrected chi connectivity index (χ1v) is 5.35. The molecule has 0 bridgehead atoms. The van der Waals surface area contributed by atoms with Crippen molar-refractivity contribution in [2.24, 2.45) is 5.41 Å². The molecule has 3 heteroatoms. The van der Waals surface area contributed by atoms with Crippen molar-refractivity contribution in [1.29, 1.82) is 0 Å².